The Bertz CT molecular complexity index is 147. The van der Waals surface area contributed by atoms with Gasteiger partial charge in [0.15, 0.2) is 0 Å². The molecule has 0 saturated carbocycles. The SMILES string of the molecule is O=C(O)CCCC(=O)O.[Cl][Mo]([Cl])[Cl]. The molecule has 0 bridgehead atoms. The molecule has 0 aliphatic carbocycles. The summed E-state index contributed by atoms with van der Waals surface area (Å²) in [7, 11) is 14.9. The van der Waals surface area contributed by atoms with Crippen molar-refractivity contribution in [2.45, 2.75) is 19.3 Å². The molecule has 0 aliphatic rings. The van der Waals surface area contributed by atoms with Crippen molar-refractivity contribution in [2.75, 3.05) is 0 Å². The Hall–Kier alpha value is 0.498. The van der Waals surface area contributed by atoms with E-state index in [-0.39, 0.29) is 19.3 Å². The first-order valence-corrected chi connectivity index (χ1v) is 10.8. The molecule has 0 aromatic carbocycles. The fourth-order valence-electron chi connectivity index (χ4n) is 0.391. The Kier molecular flexibility index (Phi) is 13.0. The fourth-order valence-corrected chi connectivity index (χ4v) is 0.391. The van der Waals surface area contributed by atoms with Crippen LogP contribution in [0.1, 0.15) is 19.3 Å². The third-order valence-corrected chi connectivity index (χ3v) is 0.781. The molecule has 0 aliphatic heterocycles. The van der Waals surface area contributed by atoms with Crippen LogP contribution in [0.3, 0.4) is 0 Å². The predicted octanol–water partition coefficient (Wildman–Crippen LogP) is 2.39. The molecule has 2 N–H and O–H groups in total. The number of hydrogen-bond acceptors (Lipinski definition) is 2. The van der Waals surface area contributed by atoms with Gasteiger partial charge >= 0.3 is 54.4 Å². The van der Waals surface area contributed by atoms with Gasteiger partial charge in [0, 0.05) is 12.8 Å². The topological polar surface area (TPSA) is 74.6 Å². The van der Waals surface area contributed by atoms with Crippen molar-refractivity contribution in [3.8, 4) is 0 Å². The zero-order valence-electron chi connectivity index (χ0n) is 6.37. The first-order valence-electron chi connectivity index (χ1n) is 3.03. The second kappa shape index (κ2) is 10.6. The van der Waals surface area contributed by atoms with E-state index in [1.165, 1.54) is 0 Å². The average Bonchev–Trinajstić information content (AvgIpc) is 1.83. The van der Waals surface area contributed by atoms with Crippen LogP contribution in [0.25, 0.3) is 0 Å². The molecule has 0 spiro atoms. The van der Waals surface area contributed by atoms with E-state index in [1.807, 2.05) is 0 Å². The summed E-state index contributed by atoms with van der Waals surface area (Å²) in [6, 6.07) is 0. The third-order valence-electron chi connectivity index (χ3n) is 0.781. The molecule has 0 amide bonds. The van der Waals surface area contributed by atoms with Gasteiger partial charge in [0.05, 0.1) is 0 Å². The summed E-state index contributed by atoms with van der Waals surface area (Å²) >= 11 is -1.94. The summed E-state index contributed by atoms with van der Waals surface area (Å²) in [5.41, 5.74) is 0. The van der Waals surface area contributed by atoms with Gasteiger partial charge in [-0.05, 0) is 6.42 Å². The van der Waals surface area contributed by atoms with E-state index in [9.17, 15) is 9.59 Å². The summed E-state index contributed by atoms with van der Waals surface area (Å²) in [6.45, 7) is 0. The Morgan fingerprint density at radius 2 is 1.23 bits per heavy atom. The van der Waals surface area contributed by atoms with E-state index < -0.39 is 26.1 Å². The van der Waals surface area contributed by atoms with Crippen molar-refractivity contribution in [3.05, 3.63) is 0 Å². The van der Waals surface area contributed by atoms with Gasteiger partial charge in [0.1, 0.15) is 0 Å². The molecule has 4 nitrogen and oxygen atoms in total. The molecule has 0 unspecified atom stereocenters. The van der Waals surface area contributed by atoms with Crippen LogP contribution in [-0.4, -0.2) is 22.2 Å². The van der Waals surface area contributed by atoms with Crippen LogP contribution in [0.5, 0.6) is 0 Å². The molecule has 0 aromatic heterocycles. The second-order valence-corrected chi connectivity index (χ2v) is 11.0. The van der Waals surface area contributed by atoms with Crippen LogP contribution in [0, 0.1) is 0 Å². The number of carbonyl (C=O) groups is 2. The molecule has 0 aromatic rings. The van der Waals surface area contributed by atoms with E-state index in [0.717, 1.165) is 0 Å². The van der Waals surface area contributed by atoms with Gasteiger partial charge in [0.2, 0.25) is 0 Å². The van der Waals surface area contributed by atoms with Gasteiger partial charge in [-0.3, -0.25) is 9.59 Å². The Labute approximate surface area is 93.1 Å². The van der Waals surface area contributed by atoms with Gasteiger partial charge in [-0.2, -0.15) is 0 Å². The minimum absolute atomic E-state index is 0.0632. The average molecular weight is 334 g/mol. The zero-order chi connectivity index (χ0) is 10.9. The maximum absolute atomic E-state index is 9.79. The molecule has 0 rings (SSSR count). The normalized spacial score (nSPS) is 8.92. The van der Waals surface area contributed by atoms with E-state index in [2.05, 4.69) is 0 Å². The van der Waals surface area contributed by atoms with E-state index in [4.69, 9.17) is 38.5 Å². The second-order valence-electron chi connectivity index (χ2n) is 1.82. The Balaban J connectivity index is 0. The van der Waals surface area contributed by atoms with Crippen LogP contribution >= 0.6 is 28.3 Å². The van der Waals surface area contributed by atoms with Crippen LogP contribution in [-0.2, 0) is 23.8 Å². The number of carboxylic acid groups (broad SMARTS) is 2. The molecule has 13 heavy (non-hydrogen) atoms. The van der Waals surface area contributed by atoms with Crippen molar-refractivity contribution < 1.29 is 34.0 Å². The summed E-state index contributed by atoms with van der Waals surface area (Å²) in [5.74, 6) is -1.90. The van der Waals surface area contributed by atoms with Crippen LogP contribution in [0.15, 0.2) is 0 Å². The Morgan fingerprint density at radius 1 is 1.00 bits per heavy atom. The first kappa shape index (κ1) is 15.9. The number of halogens is 3. The van der Waals surface area contributed by atoms with Crippen molar-refractivity contribution in [3.63, 3.8) is 0 Å². The quantitative estimate of drug-likeness (QED) is 0.774. The van der Waals surface area contributed by atoms with Gasteiger partial charge in [-0.25, -0.2) is 0 Å². The molecule has 0 saturated heterocycles. The van der Waals surface area contributed by atoms with Crippen molar-refractivity contribution in [2.24, 2.45) is 0 Å². The van der Waals surface area contributed by atoms with Crippen molar-refractivity contribution >= 4 is 40.2 Å². The van der Waals surface area contributed by atoms with Gasteiger partial charge in [-0.1, -0.05) is 0 Å². The number of aliphatic carboxylic acids is 2. The summed E-state index contributed by atoms with van der Waals surface area (Å²) < 4.78 is 0. The van der Waals surface area contributed by atoms with Gasteiger partial charge in [0.25, 0.3) is 0 Å². The van der Waals surface area contributed by atoms with Gasteiger partial charge < -0.3 is 10.2 Å². The molecule has 0 atom stereocenters. The van der Waals surface area contributed by atoms with Gasteiger partial charge in [-0.15, -0.1) is 0 Å². The molecule has 0 fully saturated rings. The van der Waals surface area contributed by atoms with Crippen LogP contribution in [0.2, 0.25) is 0 Å². The summed E-state index contributed by atoms with van der Waals surface area (Å²) in [5, 5.41) is 16.1. The first-order chi connectivity index (χ1) is 5.86. The molecule has 79 valence electrons. The van der Waals surface area contributed by atoms with E-state index in [1.54, 1.807) is 0 Å². The van der Waals surface area contributed by atoms with Crippen LogP contribution in [0.4, 0.5) is 0 Å². The van der Waals surface area contributed by atoms with Crippen molar-refractivity contribution in [1.29, 1.82) is 0 Å². The summed E-state index contributed by atoms with van der Waals surface area (Å²) in [6.07, 6.45) is 0.0866. The summed E-state index contributed by atoms with van der Waals surface area (Å²) in [4.78, 5) is 19.6. The predicted molar refractivity (Wildman–Crippen MR) is 46.7 cm³/mol. The number of rotatable bonds is 4. The molecule has 0 radical (unpaired) electrons. The number of carboxylic acids is 2. The van der Waals surface area contributed by atoms with Crippen molar-refractivity contribution in [1.82, 2.24) is 0 Å². The fraction of sp³-hybridized carbons (Fsp3) is 0.600. The van der Waals surface area contributed by atoms with Crippen LogP contribution < -0.4 is 0 Å². The Morgan fingerprint density at radius 3 is 1.38 bits per heavy atom. The minimum atomic E-state index is -1.94. The zero-order valence-corrected chi connectivity index (χ0v) is 10.6. The standard InChI is InChI=1S/C5H8O4.3ClH.Mo/c6-4(7)2-1-3-5(8)9;;;;/h1-3H2,(H,6,7)(H,8,9);3*1H;/q;;;;+3/p-3. The third kappa shape index (κ3) is 32.6. The van der Waals surface area contributed by atoms with E-state index >= 15 is 0 Å². The molecular formula is C5H8Cl3MoO4. The monoisotopic (exact) mass is 335 g/mol. The molecule has 0 heterocycles. The number of hydrogen-bond donors (Lipinski definition) is 2. The maximum atomic E-state index is 9.79. The van der Waals surface area contributed by atoms with E-state index in [0.29, 0.717) is 0 Å². The molecular weight excluding hydrogens is 326 g/mol. The molecule has 8 heteroatoms.